The van der Waals surface area contributed by atoms with Gasteiger partial charge in [-0.1, -0.05) is 42.5 Å². The Balaban J connectivity index is 1.75. The summed E-state index contributed by atoms with van der Waals surface area (Å²) >= 11 is 0. The van der Waals surface area contributed by atoms with Crippen LogP contribution in [-0.2, 0) is 16.1 Å². The van der Waals surface area contributed by atoms with E-state index in [9.17, 15) is 9.59 Å². The van der Waals surface area contributed by atoms with Crippen LogP contribution < -0.4 is 10.1 Å². The van der Waals surface area contributed by atoms with Gasteiger partial charge in [0.2, 0.25) is 0 Å². The number of carbonyl (C=O) groups excluding carboxylic acids is 2. The summed E-state index contributed by atoms with van der Waals surface area (Å²) < 4.78 is 10.9. The molecule has 0 fully saturated rings. The average molecular weight is 366 g/mol. The molecule has 0 aliphatic carbocycles. The molecule has 0 saturated carbocycles. The highest BCUT2D eigenvalue weighted by Crippen LogP contribution is 2.29. The van der Waals surface area contributed by atoms with Gasteiger partial charge in [0, 0.05) is 5.71 Å². The summed E-state index contributed by atoms with van der Waals surface area (Å²) in [5.41, 5.74) is 2.32. The number of nitrogens with zero attached hydrogens (tertiary/aromatic N) is 1. The van der Waals surface area contributed by atoms with E-state index in [0.717, 1.165) is 11.1 Å². The van der Waals surface area contributed by atoms with E-state index in [0.29, 0.717) is 18.1 Å². The fraction of sp³-hybridized carbons (Fsp3) is 0.286. The maximum absolute atomic E-state index is 12.3. The van der Waals surface area contributed by atoms with Crippen LogP contribution in [0, 0.1) is 5.92 Å². The van der Waals surface area contributed by atoms with Crippen molar-refractivity contribution in [2.75, 3.05) is 6.61 Å². The molecule has 0 saturated heterocycles. The van der Waals surface area contributed by atoms with Gasteiger partial charge >= 0.3 is 12.0 Å². The van der Waals surface area contributed by atoms with Crippen molar-refractivity contribution in [3.05, 3.63) is 65.7 Å². The van der Waals surface area contributed by atoms with Crippen molar-refractivity contribution in [3.63, 3.8) is 0 Å². The van der Waals surface area contributed by atoms with E-state index in [2.05, 4.69) is 10.3 Å². The number of amides is 2. The highest BCUT2D eigenvalue weighted by Gasteiger charge is 2.37. The molecule has 6 heteroatoms. The van der Waals surface area contributed by atoms with E-state index in [4.69, 9.17) is 9.47 Å². The third-order valence-corrected chi connectivity index (χ3v) is 4.37. The van der Waals surface area contributed by atoms with Crippen molar-refractivity contribution in [1.82, 2.24) is 5.32 Å². The molecule has 3 rings (SSSR count). The lowest BCUT2D eigenvalue weighted by molar-refractivity contribution is -0.146. The molecule has 0 radical (unpaired) electrons. The van der Waals surface area contributed by atoms with Crippen LogP contribution in [-0.4, -0.2) is 24.3 Å². The van der Waals surface area contributed by atoms with Gasteiger partial charge in [0.15, 0.2) is 0 Å². The normalized spacial score (nSPS) is 19.0. The number of hydrogen-bond acceptors (Lipinski definition) is 4. The summed E-state index contributed by atoms with van der Waals surface area (Å²) in [6.07, 6.45) is 0. The molecule has 2 aromatic rings. The summed E-state index contributed by atoms with van der Waals surface area (Å²) in [4.78, 5) is 28.0. The first-order valence-electron chi connectivity index (χ1n) is 8.87. The first-order chi connectivity index (χ1) is 13.1. The molecule has 1 aliphatic heterocycles. The van der Waals surface area contributed by atoms with Gasteiger partial charge in [-0.05, 0) is 37.1 Å². The number of rotatable bonds is 6. The molecule has 2 unspecified atom stereocenters. The molecule has 2 amide bonds. The molecule has 0 spiro atoms. The zero-order chi connectivity index (χ0) is 19.2. The Hall–Kier alpha value is -3.15. The van der Waals surface area contributed by atoms with Crippen LogP contribution in [0.3, 0.4) is 0 Å². The van der Waals surface area contributed by atoms with Gasteiger partial charge in [-0.3, -0.25) is 4.79 Å². The largest absolute Gasteiger partial charge is 0.489 e. The predicted molar refractivity (Wildman–Crippen MR) is 102 cm³/mol. The quantitative estimate of drug-likeness (QED) is 0.792. The Morgan fingerprint density at radius 2 is 1.81 bits per heavy atom. The molecular weight excluding hydrogens is 344 g/mol. The fourth-order valence-electron chi connectivity index (χ4n) is 3.05. The van der Waals surface area contributed by atoms with Gasteiger partial charge in [0.1, 0.15) is 18.3 Å². The maximum Gasteiger partial charge on any atom is 0.341 e. The highest BCUT2D eigenvalue weighted by molar-refractivity contribution is 6.08. The van der Waals surface area contributed by atoms with Crippen LogP contribution >= 0.6 is 0 Å². The molecule has 2 atom stereocenters. The number of urea groups is 1. The van der Waals surface area contributed by atoms with Gasteiger partial charge < -0.3 is 14.8 Å². The van der Waals surface area contributed by atoms with Crippen LogP contribution in [0.5, 0.6) is 5.75 Å². The van der Waals surface area contributed by atoms with Crippen LogP contribution in [0.15, 0.2) is 59.6 Å². The van der Waals surface area contributed by atoms with Crippen molar-refractivity contribution in [2.24, 2.45) is 10.9 Å². The minimum absolute atomic E-state index is 0.273. The second-order valence-electron chi connectivity index (χ2n) is 6.25. The van der Waals surface area contributed by atoms with Crippen LogP contribution in [0.1, 0.15) is 31.0 Å². The molecule has 1 N–H and O–H groups in total. The summed E-state index contributed by atoms with van der Waals surface area (Å²) in [6, 6.07) is 16.3. The number of esters is 1. The zero-order valence-corrected chi connectivity index (χ0v) is 15.3. The van der Waals surface area contributed by atoms with Crippen molar-refractivity contribution in [2.45, 2.75) is 26.5 Å². The lowest BCUT2D eigenvalue weighted by Crippen LogP contribution is -2.44. The fourth-order valence-corrected chi connectivity index (χ4v) is 3.05. The molecular formula is C21H22N2O4. The monoisotopic (exact) mass is 366 g/mol. The molecule has 1 heterocycles. The number of hydrogen-bond donors (Lipinski definition) is 1. The van der Waals surface area contributed by atoms with E-state index in [-0.39, 0.29) is 6.61 Å². The van der Waals surface area contributed by atoms with Crippen molar-refractivity contribution >= 4 is 17.7 Å². The van der Waals surface area contributed by atoms with E-state index < -0.39 is 24.0 Å². The number of benzene rings is 2. The Labute approximate surface area is 158 Å². The van der Waals surface area contributed by atoms with Crippen molar-refractivity contribution in [3.8, 4) is 5.75 Å². The Morgan fingerprint density at radius 1 is 1.11 bits per heavy atom. The van der Waals surface area contributed by atoms with Gasteiger partial charge in [0.25, 0.3) is 0 Å². The third-order valence-electron chi connectivity index (χ3n) is 4.37. The van der Waals surface area contributed by atoms with E-state index in [1.165, 1.54) is 0 Å². The smallest absolute Gasteiger partial charge is 0.341 e. The number of nitrogens with one attached hydrogen (secondary N) is 1. The lowest BCUT2D eigenvalue weighted by atomic mass is 9.88. The summed E-state index contributed by atoms with van der Waals surface area (Å²) in [5, 5.41) is 2.76. The van der Waals surface area contributed by atoms with Gasteiger partial charge in [0.05, 0.1) is 12.6 Å². The first kappa shape index (κ1) is 18.6. The van der Waals surface area contributed by atoms with E-state index in [1.54, 1.807) is 13.8 Å². The highest BCUT2D eigenvalue weighted by atomic mass is 16.5. The number of carbonyl (C=O) groups is 2. The first-order valence-corrected chi connectivity index (χ1v) is 8.87. The topological polar surface area (TPSA) is 77.0 Å². The van der Waals surface area contributed by atoms with Crippen LogP contribution in [0.25, 0.3) is 0 Å². The summed E-state index contributed by atoms with van der Waals surface area (Å²) in [7, 11) is 0. The molecule has 2 aromatic carbocycles. The standard InChI is InChI=1S/C21H22N2O4/c1-3-26-20(24)18-14(2)22-21(25)23-19(18)16-9-11-17(12-10-16)27-13-15-7-5-4-6-8-15/h4-12,18-19H,3,13H2,1-2H3,(H,23,25). The third kappa shape index (κ3) is 4.53. The molecule has 1 aliphatic rings. The molecule has 27 heavy (non-hydrogen) atoms. The Morgan fingerprint density at radius 3 is 2.48 bits per heavy atom. The Bertz CT molecular complexity index is 831. The van der Waals surface area contributed by atoms with E-state index in [1.807, 2.05) is 54.6 Å². The Kier molecular flexibility index (Phi) is 5.86. The van der Waals surface area contributed by atoms with Gasteiger partial charge in [-0.2, -0.15) is 0 Å². The summed E-state index contributed by atoms with van der Waals surface area (Å²) in [5.74, 6) is -0.324. The molecule has 140 valence electrons. The van der Waals surface area contributed by atoms with Crippen LogP contribution in [0.4, 0.5) is 4.79 Å². The van der Waals surface area contributed by atoms with Crippen molar-refractivity contribution in [1.29, 1.82) is 0 Å². The predicted octanol–water partition coefficient (Wildman–Crippen LogP) is 3.67. The summed E-state index contributed by atoms with van der Waals surface area (Å²) in [6.45, 7) is 4.16. The second kappa shape index (κ2) is 8.49. The van der Waals surface area contributed by atoms with Crippen LogP contribution in [0.2, 0.25) is 0 Å². The number of ether oxygens (including phenoxy) is 2. The second-order valence-corrected chi connectivity index (χ2v) is 6.25. The minimum atomic E-state index is -0.640. The average Bonchev–Trinajstić information content (AvgIpc) is 2.67. The molecule has 0 bridgehead atoms. The zero-order valence-electron chi connectivity index (χ0n) is 15.3. The van der Waals surface area contributed by atoms with Crippen molar-refractivity contribution < 1.29 is 19.1 Å². The minimum Gasteiger partial charge on any atom is -0.489 e. The molecule has 6 nitrogen and oxygen atoms in total. The molecule has 0 aromatic heterocycles. The maximum atomic E-state index is 12.3. The van der Waals surface area contributed by atoms with Gasteiger partial charge in [-0.25, -0.2) is 9.79 Å². The van der Waals surface area contributed by atoms with Gasteiger partial charge in [-0.15, -0.1) is 0 Å². The van der Waals surface area contributed by atoms with E-state index >= 15 is 0 Å². The number of aliphatic imine (C=N–C) groups is 1. The SMILES string of the molecule is CCOC(=O)C1C(C)=NC(=O)NC1c1ccc(OCc2ccccc2)cc1. The lowest BCUT2D eigenvalue weighted by Gasteiger charge is -2.29.